The molecule has 2 atom stereocenters. The lowest BCUT2D eigenvalue weighted by atomic mass is 10.1. The zero-order chi connectivity index (χ0) is 18.5. The first-order valence-corrected chi connectivity index (χ1v) is 9.37. The molecular formula is C20H30N6. The molecule has 0 aliphatic carbocycles. The molecule has 0 bridgehead atoms. The van der Waals surface area contributed by atoms with E-state index < -0.39 is 0 Å². The van der Waals surface area contributed by atoms with E-state index in [9.17, 15) is 0 Å². The number of aliphatic imine (C=N–C) groups is 1. The molecule has 26 heavy (non-hydrogen) atoms. The van der Waals surface area contributed by atoms with Gasteiger partial charge in [0.2, 0.25) is 0 Å². The Balaban J connectivity index is 1.62. The van der Waals surface area contributed by atoms with Crippen molar-refractivity contribution in [1.29, 1.82) is 0 Å². The summed E-state index contributed by atoms with van der Waals surface area (Å²) < 4.78 is 1.90. The Labute approximate surface area is 156 Å². The van der Waals surface area contributed by atoms with E-state index in [1.807, 2.05) is 30.1 Å². The smallest absolute Gasteiger partial charge is 0.191 e. The van der Waals surface area contributed by atoms with Crippen molar-refractivity contribution in [1.82, 2.24) is 25.3 Å². The fourth-order valence-electron chi connectivity index (χ4n) is 3.46. The highest BCUT2D eigenvalue weighted by molar-refractivity contribution is 5.80. The molecule has 1 aromatic carbocycles. The first kappa shape index (κ1) is 18.5. The Morgan fingerprint density at radius 1 is 1.27 bits per heavy atom. The molecule has 1 fully saturated rings. The molecule has 6 heteroatoms. The standard InChI is InChI=1S/C20H30N6/c1-15(2)25-13-16(3)18(14-25)24-20(21-4)22-12-17-8-5-6-9-19(17)26-11-7-10-23-26/h5-11,15-16,18H,12-14H2,1-4H3,(H2,21,22,24). The van der Waals surface area contributed by atoms with Crippen molar-refractivity contribution >= 4 is 5.96 Å². The Morgan fingerprint density at radius 3 is 2.73 bits per heavy atom. The summed E-state index contributed by atoms with van der Waals surface area (Å²) in [6, 6.07) is 11.2. The van der Waals surface area contributed by atoms with Gasteiger partial charge in [0.15, 0.2) is 5.96 Å². The zero-order valence-electron chi connectivity index (χ0n) is 16.2. The Morgan fingerprint density at radius 2 is 2.08 bits per heavy atom. The highest BCUT2D eigenvalue weighted by Gasteiger charge is 2.31. The van der Waals surface area contributed by atoms with E-state index in [1.54, 1.807) is 6.20 Å². The molecule has 1 saturated heterocycles. The normalized spacial score (nSPS) is 21.3. The number of nitrogens with one attached hydrogen (secondary N) is 2. The summed E-state index contributed by atoms with van der Waals surface area (Å²) in [5.41, 5.74) is 2.27. The van der Waals surface area contributed by atoms with Crippen LogP contribution in [0.25, 0.3) is 5.69 Å². The van der Waals surface area contributed by atoms with Gasteiger partial charge in [-0.25, -0.2) is 4.68 Å². The van der Waals surface area contributed by atoms with Crippen LogP contribution in [0.1, 0.15) is 26.3 Å². The maximum Gasteiger partial charge on any atom is 0.191 e. The SMILES string of the molecule is CN=C(NCc1ccccc1-n1cccn1)NC1CN(C(C)C)CC1C. The molecule has 2 aromatic rings. The molecule has 1 aliphatic heterocycles. The molecule has 0 radical (unpaired) electrons. The lowest BCUT2D eigenvalue weighted by Crippen LogP contribution is -2.46. The third-order valence-corrected chi connectivity index (χ3v) is 5.11. The van der Waals surface area contributed by atoms with Gasteiger partial charge in [-0.2, -0.15) is 5.10 Å². The molecule has 0 amide bonds. The van der Waals surface area contributed by atoms with Gasteiger partial charge in [-0.1, -0.05) is 25.1 Å². The van der Waals surface area contributed by atoms with E-state index in [0.717, 1.165) is 24.7 Å². The van der Waals surface area contributed by atoms with E-state index >= 15 is 0 Å². The molecule has 2 heterocycles. The van der Waals surface area contributed by atoms with E-state index in [4.69, 9.17) is 0 Å². The predicted octanol–water partition coefficient (Wildman–Crippen LogP) is 2.27. The van der Waals surface area contributed by atoms with E-state index in [2.05, 4.69) is 64.6 Å². The van der Waals surface area contributed by atoms with E-state index in [-0.39, 0.29) is 0 Å². The van der Waals surface area contributed by atoms with Crippen LogP contribution in [-0.2, 0) is 6.54 Å². The van der Waals surface area contributed by atoms with Crippen molar-refractivity contribution in [3.63, 3.8) is 0 Å². The Kier molecular flexibility index (Phi) is 5.93. The van der Waals surface area contributed by atoms with Crippen molar-refractivity contribution in [3.8, 4) is 5.69 Å². The van der Waals surface area contributed by atoms with Gasteiger partial charge in [-0.15, -0.1) is 0 Å². The number of para-hydroxylation sites is 1. The second kappa shape index (κ2) is 8.36. The Bertz CT molecular complexity index is 722. The minimum atomic E-state index is 0.421. The molecule has 0 saturated carbocycles. The van der Waals surface area contributed by atoms with Crippen molar-refractivity contribution in [2.45, 2.75) is 39.4 Å². The van der Waals surface area contributed by atoms with Crippen molar-refractivity contribution in [3.05, 3.63) is 48.3 Å². The molecule has 3 rings (SSSR count). The van der Waals surface area contributed by atoms with Crippen LogP contribution in [0.15, 0.2) is 47.7 Å². The highest BCUT2D eigenvalue weighted by Crippen LogP contribution is 2.18. The Hall–Kier alpha value is -2.34. The summed E-state index contributed by atoms with van der Waals surface area (Å²) >= 11 is 0. The van der Waals surface area contributed by atoms with E-state index in [1.165, 1.54) is 5.56 Å². The van der Waals surface area contributed by atoms with Gasteiger partial charge < -0.3 is 10.6 Å². The number of likely N-dealkylation sites (tertiary alicyclic amines) is 1. The lowest BCUT2D eigenvalue weighted by Gasteiger charge is -2.22. The van der Waals surface area contributed by atoms with Crippen molar-refractivity contribution < 1.29 is 0 Å². The second-order valence-electron chi connectivity index (χ2n) is 7.28. The number of hydrogen-bond acceptors (Lipinski definition) is 3. The van der Waals surface area contributed by atoms with Gasteiger partial charge in [0.05, 0.1) is 5.69 Å². The quantitative estimate of drug-likeness (QED) is 0.639. The van der Waals surface area contributed by atoms with Gasteiger partial charge in [-0.05, 0) is 37.5 Å². The molecular weight excluding hydrogens is 324 g/mol. The molecule has 2 N–H and O–H groups in total. The molecule has 2 unspecified atom stereocenters. The van der Waals surface area contributed by atoms with Crippen LogP contribution in [-0.4, -0.2) is 52.9 Å². The number of benzene rings is 1. The third kappa shape index (κ3) is 4.25. The van der Waals surface area contributed by atoms with Gasteiger partial charge >= 0.3 is 0 Å². The molecule has 140 valence electrons. The number of nitrogens with zero attached hydrogens (tertiary/aromatic N) is 4. The average molecular weight is 355 g/mol. The third-order valence-electron chi connectivity index (χ3n) is 5.11. The highest BCUT2D eigenvalue weighted by atomic mass is 15.3. The van der Waals surface area contributed by atoms with Gasteiger partial charge in [0.1, 0.15) is 0 Å². The first-order chi connectivity index (χ1) is 12.6. The zero-order valence-corrected chi connectivity index (χ0v) is 16.2. The van der Waals surface area contributed by atoms with Gasteiger partial charge in [0.25, 0.3) is 0 Å². The van der Waals surface area contributed by atoms with Crippen molar-refractivity contribution in [2.75, 3.05) is 20.1 Å². The fourth-order valence-corrected chi connectivity index (χ4v) is 3.46. The van der Waals surface area contributed by atoms with Gasteiger partial charge in [-0.3, -0.25) is 9.89 Å². The maximum atomic E-state index is 4.42. The maximum absolute atomic E-state index is 4.42. The van der Waals surface area contributed by atoms with Crippen molar-refractivity contribution in [2.24, 2.45) is 10.9 Å². The topological polar surface area (TPSA) is 57.5 Å². The van der Waals surface area contributed by atoms with Crippen LogP contribution in [0.3, 0.4) is 0 Å². The van der Waals surface area contributed by atoms with Crippen LogP contribution in [0.2, 0.25) is 0 Å². The second-order valence-corrected chi connectivity index (χ2v) is 7.28. The first-order valence-electron chi connectivity index (χ1n) is 9.37. The predicted molar refractivity (Wildman–Crippen MR) is 107 cm³/mol. The fraction of sp³-hybridized carbons (Fsp3) is 0.500. The monoisotopic (exact) mass is 354 g/mol. The van der Waals surface area contributed by atoms with Crippen LogP contribution in [0, 0.1) is 5.92 Å². The lowest BCUT2D eigenvalue weighted by molar-refractivity contribution is 0.265. The largest absolute Gasteiger partial charge is 0.352 e. The summed E-state index contributed by atoms with van der Waals surface area (Å²) in [5, 5.41) is 11.4. The van der Waals surface area contributed by atoms with E-state index in [0.29, 0.717) is 24.5 Å². The summed E-state index contributed by atoms with van der Waals surface area (Å²) in [6.07, 6.45) is 3.76. The van der Waals surface area contributed by atoms with Crippen LogP contribution in [0.4, 0.5) is 0 Å². The number of hydrogen-bond donors (Lipinski definition) is 2. The number of aromatic nitrogens is 2. The molecule has 1 aromatic heterocycles. The number of rotatable bonds is 5. The minimum Gasteiger partial charge on any atom is -0.352 e. The molecule has 1 aliphatic rings. The summed E-state index contributed by atoms with van der Waals surface area (Å²) in [4.78, 5) is 6.93. The average Bonchev–Trinajstić information content (AvgIpc) is 3.29. The van der Waals surface area contributed by atoms with Crippen LogP contribution >= 0.6 is 0 Å². The number of guanidine groups is 1. The van der Waals surface area contributed by atoms with Crippen LogP contribution < -0.4 is 10.6 Å². The molecule has 6 nitrogen and oxygen atoms in total. The summed E-state index contributed by atoms with van der Waals surface area (Å²) in [6.45, 7) is 9.71. The van der Waals surface area contributed by atoms with Gasteiger partial charge in [0, 0.05) is 51.2 Å². The molecule has 0 spiro atoms. The minimum absolute atomic E-state index is 0.421. The summed E-state index contributed by atoms with van der Waals surface area (Å²) in [5.74, 6) is 1.45. The van der Waals surface area contributed by atoms with Crippen LogP contribution in [0.5, 0.6) is 0 Å². The summed E-state index contributed by atoms with van der Waals surface area (Å²) in [7, 11) is 1.83.